The molecule has 1 unspecified atom stereocenters. The molecule has 2 heterocycles. The summed E-state index contributed by atoms with van der Waals surface area (Å²) in [5.41, 5.74) is 1.89. The van der Waals surface area contributed by atoms with Gasteiger partial charge in [0.15, 0.2) is 5.69 Å². The molecule has 0 aliphatic carbocycles. The van der Waals surface area contributed by atoms with Gasteiger partial charge in [0.05, 0.1) is 11.7 Å². The lowest BCUT2D eigenvalue weighted by Crippen LogP contribution is -2.29. The van der Waals surface area contributed by atoms with E-state index < -0.39 is 0 Å². The van der Waals surface area contributed by atoms with Crippen LogP contribution in [-0.4, -0.2) is 20.7 Å². The average Bonchev–Trinajstić information content (AvgIpc) is 3.24. The van der Waals surface area contributed by atoms with E-state index in [1.165, 1.54) is 23.5 Å². The Kier molecular flexibility index (Phi) is 5.46. The summed E-state index contributed by atoms with van der Waals surface area (Å²) in [5, 5.41) is 10.2. The Hall–Kier alpha value is -2.54. The number of nitrogens with one attached hydrogen (secondary N) is 1. The highest BCUT2D eigenvalue weighted by atomic mass is 32.1. The highest BCUT2D eigenvalue weighted by molar-refractivity contribution is 7.09. The number of aromatic nitrogens is 3. The Balaban J connectivity index is 1.81. The zero-order chi connectivity index (χ0) is 18.7. The summed E-state index contributed by atoms with van der Waals surface area (Å²) in [6, 6.07) is 7.71. The summed E-state index contributed by atoms with van der Waals surface area (Å²) in [6.07, 6.45) is 2.55. The number of thiazole rings is 1. The molecule has 3 rings (SSSR count). The third kappa shape index (κ3) is 4.16. The van der Waals surface area contributed by atoms with E-state index in [1.807, 2.05) is 5.38 Å². The number of aryl methyl sites for hydroxylation is 1. The van der Waals surface area contributed by atoms with Crippen molar-refractivity contribution in [2.45, 2.75) is 26.3 Å². The molecular formula is C19H21FN4OS. The molecule has 26 heavy (non-hydrogen) atoms. The molecule has 1 aromatic carbocycles. The lowest BCUT2D eigenvalue weighted by Gasteiger charge is -2.17. The smallest absolute Gasteiger partial charge is 0.272 e. The highest BCUT2D eigenvalue weighted by Crippen LogP contribution is 2.24. The van der Waals surface area contributed by atoms with Crippen molar-refractivity contribution < 1.29 is 9.18 Å². The van der Waals surface area contributed by atoms with Crippen LogP contribution in [-0.2, 0) is 7.05 Å². The molecule has 3 aromatic rings. The average molecular weight is 372 g/mol. The van der Waals surface area contributed by atoms with Crippen LogP contribution in [0.15, 0.2) is 41.9 Å². The van der Waals surface area contributed by atoms with Gasteiger partial charge in [0.1, 0.15) is 10.8 Å². The van der Waals surface area contributed by atoms with Gasteiger partial charge in [-0.1, -0.05) is 13.8 Å². The monoisotopic (exact) mass is 372 g/mol. The number of halogens is 1. The second-order valence-electron chi connectivity index (χ2n) is 6.57. The van der Waals surface area contributed by atoms with Gasteiger partial charge in [-0.05, 0) is 48.2 Å². The lowest BCUT2D eigenvalue weighted by atomic mass is 10.0. The van der Waals surface area contributed by atoms with E-state index in [0.717, 1.165) is 22.7 Å². The Labute approximate surface area is 155 Å². The molecule has 0 fully saturated rings. The van der Waals surface area contributed by atoms with Crippen LogP contribution in [0.3, 0.4) is 0 Å². The maximum Gasteiger partial charge on any atom is 0.272 e. The first-order chi connectivity index (χ1) is 12.4. The first-order valence-corrected chi connectivity index (χ1v) is 9.32. The summed E-state index contributed by atoms with van der Waals surface area (Å²) < 4.78 is 14.8. The van der Waals surface area contributed by atoms with Crippen molar-refractivity contribution in [3.63, 3.8) is 0 Å². The molecule has 136 valence electrons. The van der Waals surface area contributed by atoms with E-state index in [9.17, 15) is 9.18 Å². The van der Waals surface area contributed by atoms with Crippen LogP contribution in [0.25, 0.3) is 11.3 Å². The van der Waals surface area contributed by atoms with E-state index >= 15 is 0 Å². The standard InChI is InChI=1S/C19H21FN4OS/c1-12(2)10-16(19-21-8-9-26-19)22-18(25)15-11-17(24(3)23-15)13-4-6-14(20)7-5-13/h4-9,11-12,16H,10H2,1-3H3,(H,22,25). The summed E-state index contributed by atoms with van der Waals surface area (Å²) >= 11 is 1.53. The summed E-state index contributed by atoms with van der Waals surface area (Å²) in [7, 11) is 1.77. The maximum absolute atomic E-state index is 13.1. The topological polar surface area (TPSA) is 59.8 Å². The number of carbonyl (C=O) groups excluding carboxylic acids is 1. The second kappa shape index (κ2) is 7.78. The van der Waals surface area contributed by atoms with Gasteiger partial charge in [-0.3, -0.25) is 9.48 Å². The summed E-state index contributed by atoms with van der Waals surface area (Å²) in [6.45, 7) is 4.22. The Morgan fingerprint density at radius 1 is 1.31 bits per heavy atom. The number of nitrogens with zero attached hydrogens (tertiary/aromatic N) is 3. The molecular weight excluding hydrogens is 351 g/mol. The van der Waals surface area contributed by atoms with Gasteiger partial charge in [-0.25, -0.2) is 9.37 Å². The molecule has 0 spiro atoms. The van der Waals surface area contributed by atoms with Crippen LogP contribution in [0.2, 0.25) is 0 Å². The van der Waals surface area contributed by atoms with E-state index in [0.29, 0.717) is 11.6 Å². The minimum atomic E-state index is -0.297. The van der Waals surface area contributed by atoms with E-state index in [1.54, 1.807) is 36.1 Å². The van der Waals surface area contributed by atoms with Crippen molar-refractivity contribution in [3.05, 3.63) is 58.4 Å². The first-order valence-electron chi connectivity index (χ1n) is 8.44. The lowest BCUT2D eigenvalue weighted by molar-refractivity contribution is 0.0926. The minimum absolute atomic E-state index is 0.140. The summed E-state index contributed by atoms with van der Waals surface area (Å²) in [5.74, 6) is -0.119. The molecule has 0 saturated carbocycles. The van der Waals surface area contributed by atoms with E-state index in [4.69, 9.17) is 0 Å². The molecule has 0 saturated heterocycles. The van der Waals surface area contributed by atoms with Gasteiger partial charge in [0, 0.05) is 18.6 Å². The second-order valence-corrected chi connectivity index (χ2v) is 7.50. The van der Waals surface area contributed by atoms with Crippen LogP contribution >= 0.6 is 11.3 Å². The van der Waals surface area contributed by atoms with Crippen molar-refractivity contribution in [1.82, 2.24) is 20.1 Å². The Bertz CT molecular complexity index is 872. The molecule has 1 amide bonds. The third-order valence-electron chi connectivity index (χ3n) is 4.01. The number of amides is 1. The molecule has 5 nitrogen and oxygen atoms in total. The fourth-order valence-electron chi connectivity index (χ4n) is 2.80. The molecule has 0 aliphatic rings. The Morgan fingerprint density at radius 3 is 2.65 bits per heavy atom. The zero-order valence-corrected chi connectivity index (χ0v) is 15.8. The van der Waals surface area contributed by atoms with Crippen molar-refractivity contribution >= 4 is 17.2 Å². The van der Waals surface area contributed by atoms with Gasteiger partial charge in [-0.15, -0.1) is 11.3 Å². The van der Waals surface area contributed by atoms with Crippen molar-refractivity contribution in [3.8, 4) is 11.3 Å². The van der Waals surface area contributed by atoms with Crippen molar-refractivity contribution in [2.75, 3.05) is 0 Å². The molecule has 0 aliphatic heterocycles. The van der Waals surface area contributed by atoms with E-state index in [-0.39, 0.29) is 17.8 Å². The van der Waals surface area contributed by atoms with Crippen LogP contribution in [0.4, 0.5) is 4.39 Å². The highest BCUT2D eigenvalue weighted by Gasteiger charge is 2.21. The maximum atomic E-state index is 13.1. The van der Waals surface area contributed by atoms with Crippen LogP contribution in [0.5, 0.6) is 0 Å². The molecule has 0 radical (unpaired) electrons. The first kappa shape index (κ1) is 18.3. The van der Waals surface area contributed by atoms with Gasteiger partial charge in [-0.2, -0.15) is 5.10 Å². The van der Waals surface area contributed by atoms with Gasteiger partial charge in [0.2, 0.25) is 0 Å². The van der Waals surface area contributed by atoms with E-state index in [2.05, 4.69) is 29.2 Å². The minimum Gasteiger partial charge on any atom is -0.341 e. The molecule has 1 N–H and O–H groups in total. The van der Waals surface area contributed by atoms with Crippen molar-refractivity contribution in [1.29, 1.82) is 0 Å². The number of hydrogen-bond donors (Lipinski definition) is 1. The molecule has 7 heteroatoms. The SMILES string of the molecule is CC(C)CC(NC(=O)c1cc(-c2ccc(F)cc2)n(C)n1)c1nccs1. The third-order valence-corrected chi connectivity index (χ3v) is 4.90. The largest absolute Gasteiger partial charge is 0.341 e. The van der Waals surface area contributed by atoms with Crippen LogP contribution < -0.4 is 5.32 Å². The zero-order valence-electron chi connectivity index (χ0n) is 14.9. The van der Waals surface area contributed by atoms with Crippen molar-refractivity contribution in [2.24, 2.45) is 13.0 Å². The predicted octanol–water partition coefficient (Wildman–Crippen LogP) is 4.20. The number of rotatable bonds is 6. The summed E-state index contributed by atoms with van der Waals surface area (Å²) in [4.78, 5) is 17.1. The fraction of sp³-hybridized carbons (Fsp3) is 0.316. The quantitative estimate of drug-likeness (QED) is 0.705. The molecule has 2 aromatic heterocycles. The predicted molar refractivity (Wildman–Crippen MR) is 100 cm³/mol. The molecule has 0 bridgehead atoms. The number of benzene rings is 1. The number of hydrogen-bond acceptors (Lipinski definition) is 4. The van der Waals surface area contributed by atoms with Gasteiger partial charge < -0.3 is 5.32 Å². The van der Waals surface area contributed by atoms with Crippen LogP contribution in [0, 0.1) is 11.7 Å². The molecule has 1 atom stereocenters. The van der Waals surface area contributed by atoms with Crippen LogP contribution in [0.1, 0.15) is 41.8 Å². The number of carbonyl (C=O) groups is 1. The van der Waals surface area contributed by atoms with Gasteiger partial charge >= 0.3 is 0 Å². The van der Waals surface area contributed by atoms with Gasteiger partial charge in [0.25, 0.3) is 5.91 Å². The Morgan fingerprint density at radius 2 is 2.04 bits per heavy atom. The fourth-order valence-corrected chi connectivity index (χ4v) is 3.50. The normalized spacial score (nSPS) is 12.3.